The van der Waals surface area contributed by atoms with Gasteiger partial charge in [0.2, 0.25) is 11.8 Å². The molecule has 0 radical (unpaired) electrons. The number of nitrogens with one attached hydrogen (secondary N) is 2. The van der Waals surface area contributed by atoms with Gasteiger partial charge in [0.25, 0.3) is 0 Å². The number of nitrogens with zero attached hydrogens (tertiary/aromatic N) is 1. The van der Waals surface area contributed by atoms with Gasteiger partial charge in [-0.25, -0.2) is 8.78 Å². The lowest BCUT2D eigenvalue weighted by molar-refractivity contribution is -0.133. The number of rotatable bonds is 10. The van der Waals surface area contributed by atoms with Gasteiger partial charge < -0.3 is 20.6 Å². The maximum absolute atomic E-state index is 13.9. The number of likely N-dealkylation sites (tertiary alicyclic amines) is 1. The third-order valence-corrected chi connectivity index (χ3v) is 7.73. The molecule has 0 aliphatic carbocycles. The summed E-state index contributed by atoms with van der Waals surface area (Å²) in [6, 6.07) is 10.1. The molecule has 6 nitrogen and oxygen atoms in total. The molecule has 4 rings (SSSR count). The number of carbonyl (C=O) groups excluding carboxylic acids is 2. The molecular formula is C29H37F2N3O3. The smallest absolute Gasteiger partial charge is 0.226 e. The zero-order valence-corrected chi connectivity index (χ0v) is 21.6. The van der Waals surface area contributed by atoms with Crippen molar-refractivity contribution in [3.63, 3.8) is 0 Å². The molecule has 0 aromatic heterocycles. The third-order valence-electron chi connectivity index (χ3n) is 7.73. The fraction of sp³-hybridized carbons (Fsp3) is 0.517. The number of carbonyl (C=O) groups is 2. The molecule has 5 atom stereocenters. The van der Waals surface area contributed by atoms with E-state index in [-0.39, 0.29) is 24.3 Å². The van der Waals surface area contributed by atoms with Gasteiger partial charge in [-0.3, -0.25) is 9.59 Å². The molecule has 200 valence electrons. The summed E-state index contributed by atoms with van der Waals surface area (Å²) in [4.78, 5) is 28.2. The predicted molar refractivity (Wildman–Crippen MR) is 138 cm³/mol. The quantitative estimate of drug-likeness (QED) is 0.455. The Morgan fingerprint density at radius 3 is 2.54 bits per heavy atom. The number of hydrogen-bond donors (Lipinski definition) is 3. The van der Waals surface area contributed by atoms with Crippen molar-refractivity contribution in [2.45, 2.75) is 70.7 Å². The fourth-order valence-electron chi connectivity index (χ4n) is 5.67. The van der Waals surface area contributed by atoms with Gasteiger partial charge in [0.05, 0.1) is 24.0 Å². The third kappa shape index (κ3) is 6.36. The molecule has 2 unspecified atom stereocenters. The summed E-state index contributed by atoms with van der Waals surface area (Å²) in [5.74, 6) is -2.69. The summed E-state index contributed by atoms with van der Waals surface area (Å²) < 4.78 is 27.9. The van der Waals surface area contributed by atoms with E-state index in [1.807, 2.05) is 31.2 Å². The van der Waals surface area contributed by atoms with Gasteiger partial charge in [0, 0.05) is 31.7 Å². The van der Waals surface area contributed by atoms with Crippen molar-refractivity contribution < 1.29 is 23.5 Å². The lowest BCUT2D eigenvalue weighted by Gasteiger charge is -2.35. The van der Waals surface area contributed by atoms with Crippen LogP contribution in [0.25, 0.3) is 0 Å². The molecular weight excluding hydrogens is 476 g/mol. The Hall–Kier alpha value is -2.84. The second-order valence-corrected chi connectivity index (χ2v) is 10.3. The van der Waals surface area contributed by atoms with E-state index >= 15 is 0 Å². The highest BCUT2D eigenvalue weighted by Gasteiger charge is 2.44. The van der Waals surface area contributed by atoms with Crippen LogP contribution in [0.4, 0.5) is 8.78 Å². The number of fused-ring (bicyclic) bond motifs is 1. The highest BCUT2D eigenvalue weighted by molar-refractivity contribution is 5.91. The molecule has 0 bridgehead atoms. The van der Waals surface area contributed by atoms with E-state index in [2.05, 4.69) is 17.6 Å². The van der Waals surface area contributed by atoms with Crippen LogP contribution in [0, 0.1) is 23.5 Å². The number of aliphatic hydroxyl groups is 1. The van der Waals surface area contributed by atoms with E-state index in [1.54, 1.807) is 4.90 Å². The van der Waals surface area contributed by atoms with E-state index < -0.39 is 35.6 Å². The predicted octanol–water partition coefficient (Wildman–Crippen LogP) is 3.35. The van der Waals surface area contributed by atoms with E-state index in [0.717, 1.165) is 30.0 Å². The molecule has 8 heteroatoms. The number of amides is 2. The van der Waals surface area contributed by atoms with Crippen molar-refractivity contribution in [2.24, 2.45) is 11.8 Å². The molecule has 0 saturated carbocycles. The molecule has 2 aromatic rings. The minimum absolute atomic E-state index is 0.00838. The molecule has 2 amide bonds. The topological polar surface area (TPSA) is 81.7 Å². The maximum Gasteiger partial charge on any atom is 0.226 e. The number of hydrogen-bond acceptors (Lipinski definition) is 4. The SMILES string of the molecule is CCCCN1CC(C(=O)N[C@@H](Cc2cc(F)cc(F)c2)[C@H](O)[C@H]2Cc3ccccc3CN2)C(CC)C1=O. The van der Waals surface area contributed by atoms with E-state index in [1.165, 1.54) is 12.1 Å². The lowest BCUT2D eigenvalue weighted by atomic mass is 9.87. The van der Waals surface area contributed by atoms with Gasteiger partial charge in [0.15, 0.2) is 0 Å². The fourth-order valence-corrected chi connectivity index (χ4v) is 5.67. The van der Waals surface area contributed by atoms with Crippen LogP contribution in [0.1, 0.15) is 49.8 Å². The van der Waals surface area contributed by atoms with Crippen LogP contribution < -0.4 is 10.6 Å². The van der Waals surface area contributed by atoms with Crippen molar-refractivity contribution in [1.29, 1.82) is 0 Å². The molecule has 1 saturated heterocycles. The van der Waals surface area contributed by atoms with Gasteiger partial charge in [-0.2, -0.15) is 0 Å². The summed E-state index contributed by atoms with van der Waals surface area (Å²) in [5, 5.41) is 17.8. The zero-order chi connectivity index (χ0) is 26.5. The summed E-state index contributed by atoms with van der Waals surface area (Å²) in [6.07, 6.45) is 1.97. The molecule has 2 heterocycles. The Labute approximate surface area is 217 Å². The van der Waals surface area contributed by atoms with Gasteiger partial charge in [-0.15, -0.1) is 0 Å². The van der Waals surface area contributed by atoms with Crippen LogP contribution in [0.5, 0.6) is 0 Å². The summed E-state index contributed by atoms with van der Waals surface area (Å²) >= 11 is 0. The normalized spacial score (nSPS) is 23.0. The zero-order valence-electron chi connectivity index (χ0n) is 21.6. The van der Waals surface area contributed by atoms with Crippen LogP contribution in [-0.4, -0.2) is 53.1 Å². The Kier molecular flexibility index (Phi) is 8.92. The first kappa shape index (κ1) is 27.2. The lowest BCUT2D eigenvalue weighted by Crippen LogP contribution is -2.56. The number of halogens is 2. The largest absolute Gasteiger partial charge is 0.389 e. The highest BCUT2D eigenvalue weighted by atomic mass is 19.1. The highest BCUT2D eigenvalue weighted by Crippen LogP contribution is 2.29. The van der Waals surface area contributed by atoms with Gasteiger partial charge >= 0.3 is 0 Å². The first-order valence-corrected chi connectivity index (χ1v) is 13.3. The molecule has 1 fully saturated rings. The van der Waals surface area contributed by atoms with Crippen molar-refractivity contribution >= 4 is 11.8 Å². The Morgan fingerprint density at radius 1 is 1.16 bits per heavy atom. The maximum atomic E-state index is 13.9. The van der Waals surface area contributed by atoms with Crippen LogP contribution >= 0.6 is 0 Å². The molecule has 3 N–H and O–H groups in total. The Morgan fingerprint density at radius 2 is 1.86 bits per heavy atom. The van der Waals surface area contributed by atoms with Crippen LogP contribution in [0.3, 0.4) is 0 Å². The van der Waals surface area contributed by atoms with Gasteiger partial charge in [-0.05, 0) is 54.5 Å². The Balaban J connectivity index is 1.55. The minimum Gasteiger partial charge on any atom is -0.389 e. The second-order valence-electron chi connectivity index (χ2n) is 10.3. The molecule has 37 heavy (non-hydrogen) atoms. The number of aliphatic hydroxyl groups excluding tert-OH is 1. The Bertz CT molecular complexity index is 1090. The first-order valence-electron chi connectivity index (χ1n) is 13.3. The van der Waals surface area contributed by atoms with Crippen molar-refractivity contribution in [2.75, 3.05) is 13.1 Å². The average Bonchev–Trinajstić information content (AvgIpc) is 3.20. The van der Waals surface area contributed by atoms with Gasteiger partial charge in [0.1, 0.15) is 11.6 Å². The minimum atomic E-state index is -1.02. The van der Waals surface area contributed by atoms with E-state index in [9.17, 15) is 23.5 Å². The molecule has 2 aliphatic rings. The standard InChI is InChI=1S/C29H37F2N3O3/c1-3-5-10-34-17-24(23(4-2)29(34)37)28(36)33-26(13-18-11-21(30)15-22(31)12-18)27(35)25-14-19-8-6-7-9-20(19)16-32-25/h6-9,11-12,15,23-27,32,35H,3-5,10,13-14,16-17H2,1-2H3,(H,33,36)/t23?,24?,25-,26+,27-/m1/s1. The first-order chi connectivity index (χ1) is 17.8. The monoisotopic (exact) mass is 513 g/mol. The molecule has 0 spiro atoms. The average molecular weight is 514 g/mol. The van der Waals surface area contributed by atoms with Crippen LogP contribution in [0.15, 0.2) is 42.5 Å². The van der Waals surface area contributed by atoms with E-state index in [4.69, 9.17) is 0 Å². The van der Waals surface area contributed by atoms with Gasteiger partial charge in [-0.1, -0.05) is 44.5 Å². The van der Waals surface area contributed by atoms with Crippen LogP contribution in [0.2, 0.25) is 0 Å². The summed E-state index contributed by atoms with van der Waals surface area (Å²) in [6.45, 7) is 5.50. The van der Waals surface area contributed by atoms with E-state index in [0.29, 0.717) is 38.0 Å². The van der Waals surface area contributed by atoms with Crippen molar-refractivity contribution in [1.82, 2.24) is 15.5 Å². The second kappa shape index (κ2) is 12.1. The van der Waals surface area contributed by atoms with Crippen molar-refractivity contribution in [3.05, 3.63) is 70.8 Å². The number of unbranched alkanes of at least 4 members (excludes halogenated alkanes) is 1. The molecule has 2 aromatic carbocycles. The molecule has 2 aliphatic heterocycles. The summed E-state index contributed by atoms with van der Waals surface area (Å²) in [7, 11) is 0. The van der Waals surface area contributed by atoms with Crippen LogP contribution in [-0.2, 0) is 29.0 Å². The summed E-state index contributed by atoms with van der Waals surface area (Å²) in [5.41, 5.74) is 2.62. The van der Waals surface area contributed by atoms with Crippen molar-refractivity contribution in [3.8, 4) is 0 Å². The number of benzene rings is 2.